The summed E-state index contributed by atoms with van der Waals surface area (Å²) in [6.07, 6.45) is 1.44. The van der Waals surface area contributed by atoms with Gasteiger partial charge in [-0.3, -0.25) is 14.5 Å². The second-order valence-electron chi connectivity index (χ2n) is 5.30. The molecule has 1 fully saturated rings. The van der Waals surface area contributed by atoms with Crippen molar-refractivity contribution in [2.75, 3.05) is 6.54 Å². The van der Waals surface area contributed by atoms with Crippen LogP contribution in [0.15, 0.2) is 51.8 Å². The molecule has 2 heterocycles. The standard InChI is InChI=1S/C19H13NO4S2/c21-17(22)10-11-20-18(23)16(26-19(20)25)12-15-9-8-14(24-15)7-6-13-4-2-1-3-5-13/h1-5,8-9,12H,10-11H2,(H,21,22). The predicted molar refractivity (Wildman–Crippen MR) is 103 cm³/mol. The lowest BCUT2D eigenvalue weighted by atomic mass is 10.2. The maximum absolute atomic E-state index is 12.3. The van der Waals surface area contributed by atoms with Crippen molar-refractivity contribution in [2.24, 2.45) is 0 Å². The van der Waals surface area contributed by atoms with Crippen LogP contribution in [0.25, 0.3) is 6.08 Å². The van der Waals surface area contributed by atoms with E-state index in [0.717, 1.165) is 17.3 Å². The summed E-state index contributed by atoms with van der Waals surface area (Å²) < 4.78 is 5.96. The number of carboxylic acid groups (broad SMARTS) is 1. The molecule has 0 aliphatic carbocycles. The Kier molecular flexibility index (Phi) is 5.56. The Bertz CT molecular complexity index is 951. The molecule has 0 spiro atoms. The molecule has 0 unspecified atom stereocenters. The van der Waals surface area contributed by atoms with Gasteiger partial charge in [0, 0.05) is 18.2 Å². The lowest BCUT2D eigenvalue weighted by Gasteiger charge is -2.12. The molecule has 1 saturated heterocycles. The topological polar surface area (TPSA) is 70.8 Å². The van der Waals surface area contributed by atoms with E-state index in [4.69, 9.17) is 21.7 Å². The number of nitrogens with zero attached hydrogens (tertiary/aromatic N) is 1. The van der Waals surface area contributed by atoms with E-state index in [1.807, 2.05) is 30.3 Å². The number of amides is 1. The van der Waals surface area contributed by atoms with Gasteiger partial charge in [0.05, 0.1) is 11.3 Å². The lowest BCUT2D eigenvalue weighted by molar-refractivity contribution is -0.137. The number of hydrogen-bond donors (Lipinski definition) is 1. The summed E-state index contributed by atoms with van der Waals surface area (Å²) in [5.41, 5.74) is 0.879. The van der Waals surface area contributed by atoms with E-state index in [0.29, 0.717) is 20.7 Å². The van der Waals surface area contributed by atoms with E-state index >= 15 is 0 Å². The molecule has 1 amide bonds. The Morgan fingerprint density at radius 3 is 2.73 bits per heavy atom. The molecule has 1 aromatic heterocycles. The van der Waals surface area contributed by atoms with E-state index in [1.165, 1.54) is 4.90 Å². The first-order valence-corrected chi connectivity index (χ1v) is 8.89. The lowest BCUT2D eigenvalue weighted by Crippen LogP contribution is -2.30. The predicted octanol–water partition coefficient (Wildman–Crippen LogP) is 3.36. The summed E-state index contributed by atoms with van der Waals surface area (Å²) in [5, 5.41) is 8.75. The van der Waals surface area contributed by atoms with Crippen LogP contribution in [-0.4, -0.2) is 32.7 Å². The third kappa shape index (κ3) is 4.42. The normalized spacial score (nSPS) is 15.2. The van der Waals surface area contributed by atoms with Crippen LogP contribution in [-0.2, 0) is 9.59 Å². The first-order valence-electron chi connectivity index (χ1n) is 7.67. The molecule has 1 aliphatic rings. The highest BCUT2D eigenvalue weighted by atomic mass is 32.2. The van der Waals surface area contributed by atoms with Gasteiger partial charge in [0.1, 0.15) is 10.1 Å². The number of furan rings is 1. The van der Waals surface area contributed by atoms with Gasteiger partial charge in [0.15, 0.2) is 5.76 Å². The largest absolute Gasteiger partial charge is 0.481 e. The molecular formula is C19H13NO4S2. The average molecular weight is 383 g/mol. The van der Waals surface area contributed by atoms with E-state index in [2.05, 4.69) is 11.8 Å². The van der Waals surface area contributed by atoms with Crippen molar-refractivity contribution in [1.82, 2.24) is 4.90 Å². The van der Waals surface area contributed by atoms with Gasteiger partial charge in [-0.25, -0.2) is 0 Å². The Morgan fingerprint density at radius 2 is 2.00 bits per heavy atom. The fourth-order valence-electron chi connectivity index (χ4n) is 2.18. The number of aliphatic carboxylic acids is 1. The molecule has 26 heavy (non-hydrogen) atoms. The van der Waals surface area contributed by atoms with Crippen LogP contribution in [0, 0.1) is 11.8 Å². The van der Waals surface area contributed by atoms with E-state index < -0.39 is 5.97 Å². The van der Waals surface area contributed by atoms with Gasteiger partial charge < -0.3 is 9.52 Å². The van der Waals surface area contributed by atoms with Crippen LogP contribution in [0.1, 0.15) is 23.5 Å². The van der Waals surface area contributed by atoms with E-state index in [1.54, 1.807) is 18.2 Å². The van der Waals surface area contributed by atoms with Crippen LogP contribution in [0.2, 0.25) is 0 Å². The number of benzene rings is 1. The van der Waals surface area contributed by atoms with Crippen molar-refractivity contribution in [3.63, 3.8) is 0 Å². The summed E-state index contributed by atoms with van der Waals surface area (Å²) in [6, 6.07) is 13.0. The Labute approximate surface area is 159 Å². The Hall–Kier alpha value is -2.82. The number of thiocarbonyl (C=S) groups is 1. The van der Waals surface area contributed by atoms with Gasteiger partial charge in [-0.15, -0.1) is 0 Å². The highest BCUT2D eigenvalue weighted by molar-refractivity contribution is 8.26. The fraction of sp³-hybridized carbons (Fsp3) is 0.105. The van der Waals surface area contributed by atoms with Gasteiger partial charge >= 0.3 is 5.97 Å². The van der Waals surface area contributed by atoms with Crippen LogP contribution in [0.5, 0.6) is 0 Å². The van der Waals surface area contributed by atoms with Crippen molar-refractivity contribution < 1.29 is 19.1 Å². The van der Waals surface area contributed by atoms with Crippen molar-refractivity contribution in [3.8, 4) is 11.8 Å². The molecule has 1 N–H and O–H groups in total. The third-order valence-corrected chi connectivity index (χ3v) is 4.80. The molecule has 130 valence electrons. The Balaban J connectivity index is 1.72. The van der Waals surface area contributed by atoms with Crippen LogP contribution < -0.4 is 0 Å². The van der Waals surface area contributed by atoms with Gasteiger partial charge in [-0.05, 0) is 30.2 Å². The summed E-state index contributed by atoms with van der Waals surface area (Å²) >= 11 is 6.27. The van der Waals surface area contributed by atoms with Crippen LogP contribution in [0.4, 0.5) is 0 Å². The zero-order valence-corrected chi connectivity index (χ0v) is 15.1. The monoisotopic (exact) mass is 383 g/mol. The second kappa shape index (κ2) is 8.04. The molecule has 3 rings (SSSR count). The minimum Gasteiger partial charge on any atom is -0.481 e. The maximum atomic E-state index is 12.3. The first kappa shape index (κ1) is 18.0. The summed E-state index contributed by atoms with van der Waals surface area (Å²) in [6.45, 7) is 0.0588. The number of carbonyl (C=O) groups excluding carboxylic acids is 1. The van der Waals surface area contributed by atoms with Gasteiger partial charge in [-0.2, -0.15) is 0 Å². The second-order valence-corrected chi connectivity index (χ2v) is 6.97. The minimum atomic E-state index is -0.976. The quantitative estimate of drug-likeness (QED) is 0.496. The van der Waals surface area contributed by atoms with Crippen LogP contribution in [0.3, 0.4) is 0 Å². The molecule has 1 aromatic carbocycles. The number of thioether (sulfide) groups is 1. The van der Waals surface area contributed by atoms with E-state index in [-0.39, 0.29) is 18.9 Å². The molecule has 0 radical (unpaired) electrons. The first-order chi connectivity index (χ1) is 12.5. The molecule has 2 aromatic rings. The minimum absolute atomic E-state index is 0.0588. The number of hydrogen-bond acceptors (Lipinski definition) is 5. The summed E-state index contributed by atoms with van der Waals surface area (Å²) in [7, 11) is 0. The molecule has 0 saturated carbocycles. The summed E-state index contributed by atoms with van der Waals surface area (Å²) in [4.78, 5) is 24.7. The highest BCUT2D eigenvalue weighted by Gasteiger charge is 2.32. The van der Waals surface area contributed by atoms with Crippen molar-refractivity contribution in [1.29, 1.82) is 0 Å². The molecule has 0 bridgehead atoms. The SMILES string of the molecule is O=C(O)CCN1C(=O)C(=Cc2ccc(C#Cc3ccccc3)o2)SC1=S. The van der Waals surface area contributed by atoms with Gasteiger partial charge in [-0.1, -0.05) is 48.1 Å². The molecule has 7 heteroatoms. The summed E-state index contributed by atoms with van der Waals surface area (Å²) in [5.74, 6) is 5.61. The van der Waals surface area contributed by atoms with Crippen LogP contribution >= 0.6 is 24.0 Å². The fourth-order valence-corrected chi connectivity index (χ4v) is 3.47. The maximum Gasteiger partial charge on any atom is 0.305 e. The van der Waals surface area contributed by atoms with Crippen molar-refractivity contribution in [3.05, 3.63) is 64.5 Å². The van der Waals surface area contributed by atoms with Crippen molar-refractivity contribution in [2.45, 2.75) is 6.42 Å². The molecule has 5 nitrogen and oxygen atoms in total. The smallest absolute Gasteiger partial charge is 0.305 e. The van der Waals surface area contributed by atoms with Crippen molar-refractivity contribution >= 4 is 46.3 Å². The highest BCUT2D eigenvalue weighted by Crippen LogP contribution is 2.32. The average Bonchev–Trinajstić information content (AvgIpc) is 3.17. The molecular weight excluding hydrogens is 370 g/mol. The van der Waals surface area contributed by atoms with Gasteiger partial charge in [0.2, 0.25) is 0 Å². The van der Waals surface area contributed by atoms with Gasteiger partial charge in [0.25, 0.3) is 5.91 Å². The zero-order valence-electron chi connectivity index (χ0n) is 13.5. The molecule has 0 atom stereocenters. The number of rotatable bonds is 4. The zero-order chi connectivity index (χ0) is 18.5. The number of carboxylic acids is 1. The Morgan fingerprint density at radius 1 is 1.23 bits per heavy atom. The molecule has 1 aliphatic heterocycles. The third-order valence-electron chi connectivity index (χ3n) is 3.43. The van der Waals surface area contributed by atoms with E-state index in [9.17, 15) is 9.59 Å². The number of carbonyl (C=O) groups is 2.